The van der Waals surface area contributed by atoms with Crippen molar-refractivity contribution < 1.29 is 8.83 Å². The lowest BCUT2D eigenvalue weighted by Gasteiger charge is -2.12. The van der Waals surface area contributed by atoms with Gasteiger partial charge in [-0.25, -0.2) is 0 Å². The zero-order valence-electron chi connectivity index (χ0n) is 16.7. The molecule has 7 rings (SSSR count). The summed E-state index contributed by atoms with van der Waals surface area (Å²) in [5.74, 6) is 0. The standard InChI is InChI=1S/C28H14O4/c29-25-23(19-11-5-9-17-15-7-1-3-13-21(15)31-27(17)19)24(26(25)30)20-12-6-10-18-16-8-2-4-14-22(16)32-28(18)20/h1-14H. The summed E-state index contributed by atoms with van der Waals surface area (Å²) < 4.78 is 12.2. The fourth-order valence-corrected chi connectivity index (χ4v) is 4.79. The van der Waals surface area contributed by atoms with Crippen LogP contribution in [0.25, 0.3) is 66.1 Å². The van der Waals surface area contributed by atoms with Gasteiger partial charge in [0.2, 0.25) is 10.9 Å². The van der Waals surface area contributed by atoms with Crippen molar-refractivity contribution in [2.24, 2.45) is 0 Å². The Morgan fingerprint density at radius 3 is 1.31 bits per heavy atom. The van der Waals surface area contributed by atoms with E-state index < -0.39 is 10.9 Å². The molecule has 0 aliphatic heterocycles. The molecule has 7 aromatic rings. The van der Waals surface area contributed by atoms with Crippen LogP contribution in [0.4, 0.5) is 0 Å². The summed E-state index contributed by atoms with van der Waals surface area (Å²) in [6.45, 7) is 0. The van der Waals surface area contributed by atoms with Gasteiger partial charge in [-0.05, 0) is 12.1 Å². The Bertz CT molecular complexity index is 1780. The quantitative estimate of drug-likeness (QED) is 0.307. The number of fused-ring (bicyclic) bond motifs is 6. The molecule has 0 N–H and O–H groups in total. The Balaban J connectivity index is 1.56. The molecule has 2 heterocycles. The fourth-order valence-electron chi connectivity index (χ4n) is 4.79. The van der Waals surface area contributed by atoms with Crippen LogP contribution in [0, 0.1) is 0 Å². The largest absolute Gasteiger partial charge is 0.455 e. The number of hydrogen-bond acceptors (Lipinski definition) is 4. The highest BCUT2D eigenvalue weighted by Gasteiger charge is 2.28. The van der Waals surface area contributed by atoms with Crippen molar-refractivity contribution in [3.05, 3.63) is 105 Å². The molecule has 0 aliphatic carbocycles. The summed E-state index contributed by atoms with van der Waals surface area (Å²) in [7, 11) is 0. The van der Waals surface area contributed by atoms with Gasteiger partial charge >= 0.3 is 0 Å². The Morgan fingerprint density at radius 2 is 0.844 bits per heavy atom. The average molecular weight is 414 g/mol. The van der Waals surface area contributed by atoms with Crippen molar-refractivity contribution in [1.82, 2.24) is 0 Å². The molecule has 0 aliphatic rings. The van der Waals surface area contributed by atoms with Gasteiger partial charge in [0.05, 0.1) is 0 Å². The number of furan rings is 2. The molecular formula is C28H14O4. The second kappa shape index (κ2) is 6.05. The molecular weight excluding hydrogens is 400 g/mol. The number of para-hydroxylation sites is 4. The molecule has 0 unspecified atom stereocenters. The minimum Gasteiger partial charge on any atom is -0.455 e. The van der Waals surface area contributed by atoms with E-state index in [0.717, 1.165) is 32.7 Å². The van der Waals surface area contributed by atoms with Crippen LogP contribution in [0.5, 0.6) is 0 Å². The third-order valence-corrected chi connectivity index (χ3v) is 6.26. The molecule has 2 aromatic heterocycles. The summed E-state index contributed by atoms with van der Waals surface area (Å²) in [4.78, 5) is 25.7. The van der Waals surface area contributed by atoms with Crippen LogP contribution < -0.4 is 10.9 Å². The van der Waals surface area contributed by atoms with Crippen LogP contribution in [0.15, 0.2) is 103 Å². The summed E-state index contributed by atoms with van der Waals surface area (Å²) >= 11 is 0. The van der Waals surface area contributed by atoms with Crippen molar-refractivity contribution in [2.75, 3.05) is 0 Å². The predicted molar refractivity (Wildman–Crippen MR) is 127 cm³/mol. The van der Waals surface area contributed by atoms with Gasteiger partial charge in [0, 0.05) is 43.8 Å². The molecule has 0 saturated heterocycles. The van der Waals surface area contributed by atoms with E-state index in [-0.39, 0.29) is 0 Å². The monoisotopic (exact) mass is 414 g/mol. The molecule has 0 atom stereocenters. The van der Waals surface area contributed by atoms with E-state index in [0.29, 0.717) is 33.4 Å². The molecule has 5 aromatic carbocycles. The number of benzene rings is 4. The Hall–Kier alpha value is -4.44. The second-order valence-electron chi connectivity index (χ2n) is 7.97. The molecule has 4 nitrogen and oxygen atoms in total. The van der Waals surface area contributed by atoms with E-state index in [4.69, 9.17) is 8.83 Å². The summed E-state index contributed by atoms with van der Waals surface area (Å²) in [5.41, 5.74) is 3.74. The average Bonchev–Trinajstić information content (AvgIpc) is 3.41. The van der Waals surface area contributed by atoms with Gasteiger partial charge in [0.1, 0.15) is 22.3 Å². The lowest BCUT2D eigenvalue weighted by molar-refractivity contribution is 0.669. The smallest absolute Gasteiger partial charge is 0.235 e. The van der Waals surface area contributed by atoms with E-state index in [1.807, 2.05) is 84.9 Å². The Labute approximate surface area is 180 Å². The van der Waals surface area contributed by atoms with Gasteiger partial charge in [0.25, 0.3) is 0 Å². The van der Waals surface area contributed by atoms with Crippen LogP contribution in [0.2, 0.25) is 0 Å². The van der Waals surface area contributed by atoms with Crippen molar-refractivity contribution in [3.8, 4) is 22.3 Å². The summed E-state index contributed by atoms with van der Waals surface area (Å²) in [6.07, 6.45) is 0. The molecule has 0 amide bonds. The highest BCUT2D eigenvalue weighted by Crippen LogP contribution is 2.41. The Kier molecular flexibility index (Phi) is 3.26. The third kappa shape index (κ3) is 2.11. The van der Waals surface area contributed by atoms with Gasteiger partial charge in [-0.3, -0.25) is 9.59 Å². The number of rotatable bonds is 2. The topological polar surface area (TPSA) is 60.4 Å². The molecule has 4 heteroatoms. The normalized spacial score (nSPS) is 12.0. The maximum Gasteiger partial charge on any atom is 0.235 e. The van der Waals surface area contributed by atoms with Gasteiger partial charge in [-0.2, -0.15) is 0 Å². The molecule has 0 radical (unpaired) electrons. The van der Waals surface area contributed by atoms with Gasteiger partial charge < -0.3 is 8.83 Å². The second-order valence-corrected chi connectivity index (χ2v) is 7.97. The van der Waals surface area contributed by atoms with E-state index >= 15 is 0 Å². The maximum atomic E-state index is 12.8. The zero-order valence-corrected chi connectivity index (χ0v) is 16.7. The molecule has 0 fully saturated rings. The maximum absolute atomic E-state index is 12.8. The minimum absolute atomic E-state index is 0.382. The van der Waals surface area contributed by atoms with Gasteiger partial charge in [-0.1, -0.05) is 72.8 Å². The first-order valence-corrected chi connectivity index (χ1v) is 10.4. The predicted octanol–water partition coefficient (Wildman–Crippen LogP) is 6.42. The fraction of sp³-hybridized carbons (Fsp3) is 0. The first-order valence-electron chi connectivity index (χ1n) is 10.4. The zero-order chi connectivity index (χ0) is 21.4. The lowest BCUT2D eigenvalue weighted by Crippen LogP contribution is -2.35. The van der Waals surface area contributed by atoms with E-state index in [9.17, 15) is 9.59 Å². The molecule has 0 bridgehead atoms. The first-order chi connectivity index (χ1) is 15.7. The van der Waals surface area contributed by atoms with Crippen LogP contribution >= 0.6 is 0 Å². The van der Waals surface area contributed by atoms with Crippen molar-refractivity contribution >= 4 is 43.9 Å². The SMILES string of the molecule is O=c1c(-c2cccc3c2oc2ccccc23)c(-c2cccc3c2oc2ccccc23)c1=O. The lowest BCUT2D eigenvalue weighted by atomic mass is 9.88. The summed E-state index contributed by atoms with van der Waals surface area (Å²) in [5, 5.41) is 3.78. The van der Waals surface area contributed by atoms with Crippen LogP contribution in [0.3, 0.4) is 0 Å². The molecule has 150 valence electrons. The molecule has 32 heavy (non-hydrogen) atoms. The first kappa shape index (κ1) is 17.3. The minimum atomic E-state index is -0.499. The van der Waals surface area contributed by atoms with Gasteiger partial charge in [-0.15, -0.1) is 0 Å². The van der Waals surface area contributed by atoms with Gasteiger partial charge in [0.15, 0.2) is 0 Å². The highest BCUT2D eigenvalue weighted by atomic mass is 16.3. The van der Waals surface area contributed by atoms with E-state index in [2.05, 4.69) is 0 Å². The number of hydrogen-bond donors (Lipinski definition) is 0. The van der Waals surface area contributed by atoms with Crippen LogP contribution in [0.1, 0.15) is 0 Å². The summed E-state index contributed by atoms with van der Waals surface area (Å²) in [6, 6.07) is 26.9. The molecule has 0 saturated carbocycles. The molecule has 0 spiro atoms. The highest BCUT2D eigenvalue weighted by molar-refractivity contribution is 6.14. The van der Waals surface area contributed by atoms with Crippen molar-refractivity contribution in [2.45, 2.75) is 0 Å². The van der Waals surface area contributed by atoms with Crippen molar-refractivity contribution in [1.29, 1.82) is 0 Å². The van der Waals surface area contributed by atoms with Crippen LogP contribution in [-0.2, 0) is 0 Å². The van der Waals surface area contributed by atoms with E-state index in [1.165, 1.54) is 0 Å². The third-order valence-electron chi connectivity index (χ3n) is 6.26. The van der Waals surface area contributed by atoms with Crippen molar-refractivity contribution in [3.63, 3.8) is 0 Å². The van der Waals surface area contributed by atoms with E-state index in [1.54, 1.807) is 0 Å². The Morgan fingerprint density at radius 1 is 0.438 bits per heavy atom. The van der Waals surface area contributed by atoms with Crippen LogP contribution in [-0.4, -0.2) is 0 Å².